The summed E-state index contributed by atoms with van der Waals surface area (Å²) >= 11 is 1.49. The van der Waals surface area contributed by atoms with Gasteiger partial charge in [0.25, 0.3) is 5.91 Å². The van der Waals surface area contributed by atoms with Gasteiger partial charge in [-0.25, -0.2) is 9.97 Å². The molecule has 5 rings (SSSR count). The Morgan fingerprint density at radius 3 is 2.39 bits per heavy atom. The number of aromatic nitrogens is 2. The Kier molecular flexibility index (Phi) is 6.59. The first kappa shape index (κ1) is 21.9. The summed E-state index contributed by atoms with van der Waals surface area (Å²) in [7, 11) is 0. The van der Waals surface area contributed by atoms with Crippen molar-refractivity contribution >= 4 is 34.5 Å². The molecule has 0 saturated carbocycles. The fourth-order valence-electron chi connectivity index (χ4n) is 4.42. The van der Waals surface area contributed by atoms with Gasteiger partial charge < -0.3 is 14.2 Å². The van der Waals surface area contributed by atoms with Gasteiger partial charge in [0, 0.05) is 68.4 Å². The third-order valence-electron chi connectivity index (χ3n) is 6.26. The van der Waals surface area contributed by atoms with Crippen molar-refractivity contribution in [3.8, 4) is 0 Å². The normalized spacial score (nSPS) is 17.1. The third kappa shape index (κ3) is 4.89. The molecular formula is C24H27N5O3S. The maximum atomic E-state index is 13.4. The van der Waals surface area contributed by atoms with Gasteiger partial charge in [-0.3, -0.25) is 14.5 Å². The van der Waals surface area contributed by atoms with E-state index < -0.39 is 0 Å². The van der Waals surface area contributed by atoms with Crippen LogP contribution in [-0.4, -0.2) is 82.3 Å². The van der Waals surface area contributed by atoms with Crippen molar-refractivity contribution in [1.82, 2.24) is 24.7 Å². The smallest absolute Gasteiger partial charge is 0.290 e. The van der Waals surface area contributed by atoms with Gasteiger partial charge in [0.15, 0.2) is 10.9 Å². The molecule has 0 radical (unpaired) electrons. The zero-order valence-electron chi connectivity index (χ0n) is 18.5. The minimum Gasteiger partial charge on any atom is -0.451 e. The van der Waals surface area contributed by atoms with Gasteiger partial charge in [0.2, 0.25) is 5.91 Å². The highest BCUT2D eigenvalue weighted by Gasteiger charge is 2.29. The van der Waals surface area contributed by atoms with Crippen molar-refractivity contribution in [2.75, 3.05) is 45.8 Å². The zero-order chi connectivity index (χ0) is 22.6. The molecule has 0 unspecified atom stereocenters. The standard InChI is InChI=1S/C24H27N5O3S/c30-21(28-10-3-4-11-28)16-27-12-14-29(15-13-27)23(31)22-19(17-33-24-25-8-5-9-26-24)18-6-1-2-7-20(18)32-22/h1-2,5-9H,3-4,10-17H2. The van der Waals surface area contributed by atoms with E-state index >= 15 is 0 Å². The van der Waals surface area contributed by atoms with Crippen molar-refractivity contribution in [2.24, 2.45) is 0 Å². The number of hydrogen-bond acceptors (Lipinski definition) is 7. The van der Waals surface area contributed by atoms with Crippen LogP contribution in [0.4, 0.5) is 0 Å². The number of furan rings is 1. The largest absolute Gasteiger partial charge is 0.451 e. The lowest BCUT2D eigenvalue weighted by Gasteiger charge is -2.34. The van der Waals surface area contributed by atoms with Crippen molar-refractivity contribution in [3.05, 3.63) is 54.0 Å². The Hall–Kier alpha value is -2.91. The highest BCUT2D eigenvalue weighted by Crippen LogP contribution is 2.32. The van der Waals surface area contributed by atoms with Crippen molar-refractivity contribution in [2.45, 2.75) is 23.8 Å². The maximum Gasteiger partial charge on any atom is 0.290 e. The molecule has 33 heavy (non-hydrogen) atoms. The molecule has 9 heteroatoms. The first-order valence-corrected chi connectivity index (χ1v) is 12.4. The van der Waals surface area contributed by atoms with E-state index in [9.17, 15) is 9.59 Å². The number of amides is 2. The van der Waals surface area contributed by atoms with Gasteiger partial charge in [0.05, 0.1) is 6.54 Å². The van der Waals surface area contributed by atoms with E-state index in [-0.39, 0.29) is 11.8 Å². The number of para-hydroxylation sites is 1. The first-order chi connectivity index (χ1) is 16.2. The van der Waals surface area contributed by atoms with Gasteiger partial charge in [0.1, 0.15) is 5.58 Å². The number of piperazine rings is 1. The second-order valence-corrected chi connectivity index (χ2v) is 9.32. The van der Waals surface area contributed by atoms with E-state index in [1.54, 1.807) is 18.5 Å². The Bertz CT molecular complexity index is 1120. The molecule has 172 valence electrons. The lowest BCUT2D eigenvalue weighted by molar-refractivity contribution is -0.131. The van der Waals surface area contributed by atoms with Crippen LogP contribution in [0.1, 0.15) is 29.0 Å². The van der Waals surface area contributed by atoms with Crippen LogP contribution in [0.25, 0.3) is 11.0 Å². The van der Waals surface area contributed by atoms with E-state index in [1.807, 2.05) is 34.1 Å². The number of likely N-dealkylation sites (tertiary alicyclic amines) is 1. The van der Waals surface area contributed by atoms with Crippen LogP contribution >= 0.6 is 11.8 Å². The van der Waals surface area contributed by atoms with E-state index in [4.69, 9.17) is 4.42 Å². The average molecular weight is 466 g/mol. The Labute approximate surface area is 196 Å². The number of carbonyl (C=O) groups is 2. The Morgan fingerprint density at radius 1 is 0.909 bits per heavy atom. The number of carbonyl (C=O) groups excluding carboxylic acids is 2. The van der Waals surface area contributed by atoms with E-state index in [0.717, 1.165) is 36.9 Å². The molecule has 3 aromatic rings. The zero-order valence-corrected chi connectivity index (χ0v) is 19.3. The van der Waals surface area contributed by atoms with Gasteiger partial charge in [-0.15, -0.1) is 0 Å². The number of hydrogen-bond donors (Lipinski definition) is 0. The molecule has 0 bridgehead atoms. The lowest BCUT2D eigenvalue weighted by Crippen LogP contribution is -2.51. The number of rotatable bonds is 6. The van der Waals surface area contributed by atoms with Crippen LogP contribution in [0.2, 0.25) is 0 Å². The SMILES string of the molecule is O=C(CN1CCN(C(=O)c2oc3ccccc3c2CSc2ncccn2)CC1)N1CCCC1. The predicted molar refractivity (Wildman–Crippen MR) is 126 cm³/mol. The van der Waals surface area contributed by atoms with Gasteiger partial charge in [-0.05, 0) is 25.0 Å². The monoisotopic (exact) mass is 465 g/mol. The van der Waals surface area contributed by atoms with Crippen LogP contribution in [0.5, 0.6) is 0 Å². The van der Waals surface area contributed by atoms with Gasteiger partial charge in [-0.2, -0.15) is 0 Å². The molecule has 2 amide bonds. The number of benzene rings is 1. The number of nitrogens with zero attached hydrogens (tertiary/aromatic N) is 5. The lowest BCUT2D eigenvalue weighted by atomic mass is 10.1. The molecule has 4 heterocycles. The summed E-state index contributed by atoms with van der Waals surface area (Å²) in [5.41, 5.74) is 1.58. The molecule has 0 spiro atoms. The third-order valence-corrected chi connectivity index (χ3v) is 7.16. The second kappa shape index (κ2) is 9.93. The highest BCUT2D eigenvalue weighted by molar-refractivity contribution is 7.98. The summed E-state index contributed by atoms with van der Waals surface area (Å²) in [6.45, 7) is 4.72. The molecule has 1 aromatic carbocycles. The first-order valence-electron chi connectivity index (χ1n) is 11.4. The van der Waals surface area contributed by atoms with E-state index in [2.05, 4.69) is 14.9 Å². The van der Waals surface area contributed by atoms with Crippen molar-refractivity contribution in [1.29, 1.82) is 0 Å². The molecule has 2 aliphatic rings. The topological polar surface area (TPSA) is 82.8 Å². The predicted octanol–water partition coefficient (Wildman–Crippen LogP) is 2.90. The molecule has 8 nitrogen and oxygen atoms in total. The second-order valence-electron chi connectivity index (χ2n) is 8.38. The summed E-state index contributed by atoms with van der Waals surface area (Å²) in [6.07, 6.45) is 5.62. The summed E-state index contributed by atoms with van der Waals surface area (Å²) in [4.78, 5) is 40.4. The van der Waals surface area contributed by atoms with Crippen LogP contribution in [-0.2, 0) is 10.5 Å². The maximum absolute atomic E-state index is 13.4. The molecule has 2 aliphatic heterocycles. The van der Waals surface area contributed by atoms with Gasteiger partial charge >= 0.3 is 0 Å². The summed E-state index contributed by atoms with van der Waals surface area (Å²) in [6, 6.07) is 9.52. The van der Waals surface area contributed by atoms with Crippen LogP contribution in [0.15, 0.2) is 52.3 Å². The molecule has 0 N–H and O–H groups in total. The van der Waals surface area contributed by atoms with Crippen LogP contribution in [0, 0.1) is 0 Å². The summed E-state index contributed by atoms with van der Waals surface area (Å²) in [5, 5.41) is 1.61. The van der Waals surface area contributed by atoms with Crippen molar-refractivity contribution < 1.29 is 14.0 Å². The summed E-state index contributed by atoms with van der Waals surface area (Å²) in [5.74, 6) is 1.04. The molecule has 0 aliphatic carbocycles. The fourth-order valence-corrected chi connectivity index (χ4v) is 5.25. The molecule has 0 atom stereocenters. The molecule has 2 fully saturated rings. The number of fused-ring (bicyclic) bond motifs is 1. The van der Waals surface area contributed by atoms with Crippen molar-refractivity contribution in [3.63, 3.8) is 0 Å². The molecule has 2 saturated heterocycles. The fraction of sp³-hybridized carbons (Fsp3) is 0.417. The van der Waals surface area contributed by atoms with Crippen LogP contribution in [0.3, 0.4) is 0 Å². The van der Waals surface area contributed by atoms with E-state index in [0.29, 0.717) is 55.0 Å². The number of thioether (sulfide) groups is 1. The van der Waals surface area contributed by atoms with Gasteiger partial charge in [-0.1, -0.05) is 30.0 Å². The minimum atomic E-state index is -0.0960. The van der Waals surface area contributed by atoms with E-state index in [1.165, 1.54) is 11.8 Å². The van der Waals surface area contributed by atoms with Crippen LogP contribution < -0.4 is 0 Å². The summed E-state index contributed by atoms with van der Waals surface area (Å²) < 4.78 is 6.04. The quantitative estimate of drug-likeness (QED) is 0.409. The highest BCUT2D eigenvalue weighted by atomic mass is 32.2. The Morgan fingerprint density at radius 2 is 1.64 bits per heavy atom. The Balaban J connectivity index is 1.27. The minimum absolute atomic E-state index is 0.0960. The molecule has 2 aromatic heterocycles. The molecular weight excluding hydrogens is 438 g/mol. The average Bonchev–Trinajstić information content (AvgIpc) is 3.52.